The number of aromatic nitrogens is 1. The minimum absolute atomic E-state index is 0.0775. The molecule has 2 saturated carbocycles. The molecule has 0 spiro atoms. The van der Waals surface area contributed by atoms with Crippen molar-refractivity contribution in [2.75, 3.05) is 5.32 Å². The van der Waals surface area contributed by atoms with Gasteiger partial charge in [-0.1, -0.05) is 26.0 Å². The number of pyridine rings is 1. The molecule has 1 aromatic rings. The van der Waals surface area contributed by atoms with E-state index in [2.05, 4.69) is 30.7 Å². The van der Waals surface area contributed by atoms with Gasteiger partial charge in [0.1, 0.15) is 5.82 Å². The molecule has 0 saturated heterocycles. The number of rotatable bonds is 2. The zero-order valence-electron chi connectivity index (χ0n) is 12.5. The molecule has 3 nitrogen and oxygen atoms in total. The lowest BCUT2D eigenvalue weighted by Crippen LogP contribution is -2.37. The number of amides is 1. The Kier molecular flexibility index (Phi) is 2.79. The second-order valence-corrected chi connectivity index (χ2v) is 6.89. The van der Waals surface area contributed by atoms with Crippen molar-refractivity contribution in [3.05, 3.63) is 36.0 Å². The smallest absolute Gasteiger partial charge is 0.235 e. The zero-order valence-corrected chi connectivity index (χ0v) is 12.5. The molecule has 3 heteroatoms. The predicted octanol–water partition coefficient (Wildman–Crippen LogP) is 3.71. The van der Waals surface area contributed by atoms with Crippen LogP contribution < -0.4 is 5.32 Å². The van der Waals surface area contributed by atoms with E-state index in [1.165, 1.54) is 0 Å². The molecule has 106 valence electrons. The van der Waals surface area contributed by atoms with Crippen molar-refractivity contribution in [2.24, 2.45) is 16.7 Å². The molecule has 1 aromatic heterocycles. The monoisotopic (exact) mass is 270 g/mol. The van der Waals surface area contributed by atoms with E-state index in [1.807, 2.05) is 19.1 Å². The number of carbonyl (C=O) groups excluding carboxylic acids is 1. The maximum absolute atomic E-state index is 12.8. The summed E-state index contributed by atoms with van der Waals surface area (Å²) in [5, 5.41) is 3.00. The van der Waals surface area contributed by atoms with Gasteiger partial charge in [-0.05, 0) is 55.2 Å². The van der Waals surface area contributed by atoms with Crippen LogP contribution in [0.5, 0.6) is 0 Å². The van der Waals surface area contributed by atoms with Gasteiger partial charge in [0.2, 0.25) is 5.91 Å². The van der Waals surface area contributed by atoms with Gasteiger partial charge in [-0.15, -0.1) is 0 Å². The van der Waals surface area contributed by atoms with Crippen molar-refractivity contribution in [3.8, 4) is 0 Å². The summed E-state index contributed by atoms with van der Waals surface area (Å²) in [5.74, 6) is 1.31. The molecule has 20 heavy (non-hydrogen) atoms. The van der Waals surface area contributed by atoms with Crippen LogP contribution in [0, 0.1) is 23.7 Å². The zero-order chi connectivity index (χ0) is 14.5. The van der Waals surface area contributed by atoms with Crippen molar-refractivity contribution in [1.82, 2.24) is 4.98 Å². The number of anilines is 1. The molecule has 0 aromatic carbocycles. The number of aryl methyl sites for hydroxylation is 1. The topological polar surface area (TPSA) is 42.0 Å². The number of nitrogens with one attached hydrogen (secondary N) is 1. The maximum atomic E-state index is 12.8. The fourth-order valence-electron chi connectivity index (χ4n) is 3.98. The molecular weight excluding hydrogens is 248 g/mol. The third-order valence-electron chi connectivity index (χ3n) is 5.48. The molecule has 0 radical (unpaired) electrons. The van der Waals surface area contributed by atoms with Crippen LogP contribution in [0.15, 0.2) is 30.5 Å². The van der Waals surface area contributed by atoms with Gasteiger partial charge in [0, 0.05) is 6.20 Å². The first-order valence-electron chi connectivity index (χ1n) is 7.30. The van der Waals surface area contributed by atoms with Crippen LogP contribution in [-0.4, -0.2) is 10.9 Å². The maximum Gasteiger partial charge on any atom is 0.235 e. The van der Waals surface area contributed by atoms with Crippen molar-refractivity contribution < 1.29 is 4.79 Å². The molecule has 2 fully saturated rings. The Bertz CT molecular complexity index is 590. The third kappa shape index (κ3) is 1.72. The summed E-state index contributed by atoms with van der Waals surface area (Å²) in [6.45, 7) is 10.7. The highest BCUT2D eigenvalue weighted by Crippen LogP contribution is 2.65. The van der Waals surface area contributed by atoms with E-state index in [0.717, 1.165) is 30.4 Å². The van der Waals surface area contributed by atoms with E-state index in [-0.39, 0.29) is 16.7 Å². The molecule has 2 aliphatic carbocycles. The minimum Gasteiger partial charge on any atom is -0.310 e. The van der Waals surface area contributed by atoms with Gasteiger partial charge < -0.3 is 5.32 Å². The normalized spacial score (nSPS) is 30.6. The van der Waals surface area contributed by atoms with Crippen LogP contribution in [-0.2, 0) is 4.79 Å². The highest BCUT2D eigenvalue weighted by atomic mass is 16.2. The largest absolute Gasteiger partial charge is 0.310 e. The second-order valence-electron chi connectivity index (χ2n) is 6.89. The summed E-state index contributed by atoms with van der Waals surface area (Å²) in [5.41, 5.74) is 1.91. The van der Waals surface area contributed by atoms with E-state index in [9.17, 15) is 4.79 Å². The van der Waals surface area contributed by atoms with Gasteiger partial charge in [0.15, 0.2) is 0 Å². The summed E-state index contributed by atoms with van der Waals surface area (Å²) in [4.78, 5) is 17.0. The Balaban J connectivity index is 1.86. The van der Waals surface area contributed by atoms with Gasteiger partial charge in [-0.3, -0.25) is 4.79 Å². The predicted molar refractivity (Wildman–Crippen MR) is 80.3 cm³/mol. The number of hydrogen-bond acceptors (Lipinski definition) is 2. The van der Waals surface area contributed by atoms with Crippen molar-refractivity contribution in [2.45, 2.75) is 40.0 Å². The lowest BCUT2D eigenvalue weighted by Gasteiger charge is -2.37. The average molecular weight is 270 g/mol. The Hall–Kier alpha value is -1.64. The Morgan fingerprint density at radius 2 is 2.25 bits per heavy atom. The van der Waals surface area contributed by atoms with Gasteiger partial charge in [0.25, 0.3) is 0 Å². The van der Waals surface area contributed by atoms with Crippen LogP contribution in [0.4, 0.5) is 5.82 Å². The van der Waals surface area contributed by atoms with Crippen molar-refractivity contribution in [3.63, 3.8) is 0 Å². The molecule has 2 atom stereocenters. The second kappa shape index (κ2) is 4.18. The highest BCUT2D eigenvalue weighted by molar-refractivity contribution is 5.97. The summed E-state index contributed by atoms with van der Waals surface area (Å²) in [6, 6.07) is 3.83. The van der Waals surface area contributed by atoms with Crippen LogP contribution in [0.3, 0.4) is 0 Å². The molecular formula is C17H22N2O. The summed E-state index contributed by atoms with van der Waals surface area (Å²) >= 11 is 0. The highest BCUT2D eigenvalue weighted by Gasteiger charge is 2.60. The standard InChI is InChI=1S/C17H22N2O/c1-11-6-8-18-14(9-11)19-15(20)17-7-5-13(10-17)16(3,4)12(17)2/h6,8-9,13H,2,5,7,10H2,1,3-4H3,(H,18,19,20)/t13-,17+/m1/s1. The first-order chi connectivity index (χ1) is 9.36. The van der Waals surface area contributed by atoms with Crippen molar-refractivity contribution in [1.29, 1.82) is 0 Å². The summed E-state index contributed by atoms with van der Waals surface area (Å²) < 4.78 is 0. The van der Waals surface area contributed by atoms with Gasteiger partial charge >= 0.3 is 0 Å². The van der Waals surface area contributed by atoms with E-state index in [0.29, 0.717) is 11.7 Å². The van der Waals surface area contributed by atoms with E-state index in [1.54, 1.807) is 6.20 Å². The van der Waals surface area contributed by atoms with E-state index in [4.69, 9.17) is 0 Å². The number of nitrogens with zero attached hydrogens (tertiary/aromatic N) is 1. The number of carbonyl (C=O) groups is 1. The first-order valence-corrected chi connectivity index (χ1v) is 7.30. The lowest BCUT2D eigenvalue weighted by atomic mass is 9.68. The molecule has 2 bridgehead atoms. The van der Waals surface area contributed by atoms with Crippen molar-refractivity contribution >= 4 is 11.7 Å². The first kappa shape index (κ1) is 13.3. The Morgan fingerprint density at radius 3 is 2.85 bits per heavy atom. The van der Waals surface area contributed by atoms with Crippen LogP contribution in [0.1, 0.15) is 38.7 Å². The molecule has 1 heterocycles. The summed E-state index contributed by atoms with van der Waals surface area (Å²) in [7, 11) is 0. The fraction of sp³-hybridized carbons (Fsp3) is 0.529. The molecule has 2 aliphatic rings. The van der Waals surface area contributed by atoms with Gasteiger partial charge in [-0.2, -0.15) is 0 Å². The summed E-state index contributed by atoms with van der Waals surface area (Å²) in [6.07, 6.45) is 4.72. The molecule has 1 amide bonds. The average Bonchev–Trinajstić information content (AvgIpc) is 2.90. The number of fused-ring (bicyclic) bond motifs is 2. The van der Waals surface area contributed by atoms with Crippen LogP contribution in [0.25, 0.3) is 0 Å². The van der Waals surface area contributed by atoms with Gasteiger partial charge in [0.05, 0.1) is 5.41 Å². The van der Waals surface area contributed by atoms with Crippen LogP contribution in [0.2, 0.25) is 0 Å². The lowest BCUT2D eigenvalue weighted by molar-refractivity contribution is -0.123. The quantitative estimate of drug-likeness (QED) is 0.832. The molecule has 0 aliphatic heterocycles. The van der Waals surface area contributed by atoms with Crippen LogP contribution >= 0.6 is 0 Å². The molecule has 3 rings (SSSR count). The Labute approximate surface area is 120 Å². The Morgan fingerprint density at radius 1 is 1.50 bits per heavy atom. The van der Waals surface area contributed by atoms with E-state index < -0.39 is 0 Å². The molecule has 1 N–H and O–H groups in total. The molecule has 0 unspecified atom stereocenters. The fourth-order valence-corrected chi connectivity index (χ4v) is 3.98. The van der Waals surface area contributed by atoms with Gasteiger partial charge in [-0.25, -0.2) is 4.98 Å². The number of hydrogen-bond donors (Lipinski definition) is 1. The minimum atomic E-state index is -0.375. The SMILES string of the molecule is C=C1C(C)(C)[C@@H]2CC[C@]1(C(=O)Nc1cc(C)ccn1)C2. The third-order valence-corrected chi connectivity index (χ3v) is 5.48. The van der Waals surface area contributed by atoms with E-state index >= 15 is 0 Å².